The molecule has 3 aromatic heterocycles. The first-order valence-electron chi connectivity index (χ1n) is 10.4. The van der Waals surface area contributed by atoms with E-state index in [0.717, 1.165) is 78.8 Å². The summed E-state index contributed by atoms with van der Waals surface area (Å²) >= 11 is 1.61. The Balaban J connectivity index is 1.25. The number of hydrogen-bond acceptors (Lipinski definition) is 8. The van der Waals surface area contributed by atoms with Crippen LogP contribution in [0.15, 0.2) is 30.9 Å². The van der Waals surface area contributed by atoms with Gasteiger partial charge < -0.3 is 14.7 Å². The third-order valence-electron chi connectivity index (χ3n) is 6.03. The van der Waals surface area contributed by atoms with Crippen LogP contribution >= 0.6 is 11.3 Å². The molecule has 9 heteroatoms. The SMILES string of the molecule is CN1CCN(C(=O)C2CCN(c3nc4ccc(-c5cncnc5)nc4s3)CC2)CC1. The van der Waals surface area contributed by atoms with Gasteiger partial charge >= 0.3 is 0 Å². The van der Waals surface area contributed by atoms with E-state index in [1.807, 2.05) is 12.1 Å². The Kier molecular flexibility index (Phi) is 5.30. The van der Waals surface area contributed by atoms with Crippen LogP contribution in [0.25, 0.3) is 21.6 Å². The second kappa shape index (κ2) is 8.23. The van der Waals surface area contributed by atoms with Crippen LogP contribution in [0.5, 0.6) is 0 Å². The first-order chi connectivity index (χ1) is 14.7. The molecular weight excluding hydrogens is 398 g/mol. The first kappa shape index (κ1) is 19.3. The molecule has 0 saturated carbocycles. The van der Waals surface area contributed by atoms with Crippen LogP contribution < -0.4 is 4.90 Å². The van der Waals surface area contributed by atoms with Crippen molar-refractivity contribution in [1.29, 1.82) is 0 Å². The molecule has 0 aliphatic carbocycles. The quantitative estimate of drug-likeness (QED) is 0.639. The van der Waals surface area contributed by atoms with Crippen molar-refractivity contribution < 1.29 is 4.79 Å². The highest BCUT2D eigenvalue weighted by Gasteiger charge is 2.30. The van der Waals surface area contributed by atoms with E-state index < -0.39 is 0 Å². The number of carbonyl (C=O) groups excluding carboxylic acids is 1. The fourth-order valence-electron chi connectivity index (χ4n) is 4.14. The van der Waals surface area contributed by atoms with Gasteiger partial charge in [0.2, 0.25) is 5.91 Å². The maximum Gasteiger partial charge on any atom is 0.225 e. The predicted molar refractivity (Wildman–Crippen MR) is 117 cm³/mol. The number of thiazole rings is 1. The van der Waals surface area contributed by atoms with Gasteiger partial charge in [0.05, 0.1) is 5.69 Å². The van der Waals surface area contributed by atoms with Crippen molar-refractivity contribution in [3.8, 4) is 11.3 Å². The smallest absolute Gasteiger partial charge is 0.225 e. The molecule has 5 heterocycles. The van der Waals surface area contributed by atoms with Crippen LogP contribution in [0, 0.1) is 5.92 Å². The van der Waals surface area contributed by atoms with Crippen molar-refractivity contribution >= 4 is 32.7 Å². The number of aromatic nitrogens is 4. The molecule has 2 aliphatic heterocycles. The van der Waals surface area contributed by atoms with Crippen LogP contribution in [0.2, 0.25) is 0 Å². The van der Waals surface area contributed by atoms with Gasteiger partial charge in [-0.2, -0.15) is 0 Å². The first-order valence-corrected chi connectivity index (χ1v) is 11.2. The highest BCUT2D eigenvalue weighted by atomic mass is 32.1. The van der Waals surface area contributed by atoms with Crippen molar-refractivity contribution in [3.05, 3.63) is 30.9 Å². The number of carbonyl (C=O) groups is 1. The maximum atomic E-state index is 12.9. The van der Waals surface area contributed by atoms with Crippen molar-refractivity contribution in [1.82, 2.24) is 29.7 Å². The molecule has 1 amide bonds. The summed E-state index contributed by atoms with van der Waals surface area (Å²) < 4.78 is 0. The van der Waals surface area contributed by atoms with Crippen LogP contribution in [0.4, 0.5) is 5.13 Å². The van der Waals surface area contributed by atoms with Gasteiger partial charge in [0, 0.05) is 63.1 Å². The molecule has 3 aromatic rings. The zero-order valence-electron chi connectivity index (χ0n) is 17.1. The molecular formula is C21H25N7OS. The number of rotatable bonds is 3. The van der Waals surface area contributed by atoms with Crippen molar-refractivity contribution in [2.24, 2.45) is 5.92 Å². The lowest BCUT2D eigenvalue weighted by Gasteiger charge is -2.37. The Labute approximate surface area is 179 Å². The molecule has 2 fully saturated rings. The number of fused-ring (bicyclic) bond motifs is 1. The molecule has 0 unspecified atom stereocenters. The topological polar surface area (TPSA) is 78.4 Å². The Morgan fingerprint density at radius 2 is 1.73 bits per heavy atom. The van der Waals surface area contributed by atoms with E-state index in [4.69, 9.17) is 9.97 Å². The second-order valence-electron chi connectivity index (χ2n) is 8.03. The van der Waals surface area contributed by atoms with Gasteiger partial charge in [-0.1, -0.05) is 11.3 Å². The lowest BCUT2D eigenvalue weighted by molar-refractivity contribution is -0.137. The van der Waals surface area contributed by atoms with Crippen LogP contribution in [-0.2, 0) is 4.79 Å². The molecule has 0 radical (unpaired) electrons. The summed E-state index contributed by atoms with van der Waals surface area (Å²) in [5, 5.41) is 0.990. The van der Waals surface area contributed by atoms with Gasteiger partial charge in [0.1, 0.15) is 16.7 Å². The summed E-state index contributed by atoms with van der Waals surface area (Å²) in [6, 6.07) is 3.97. The van der Waals surface area contributed by atoms with Gasteiger partial charge in [0.25, 0.3) is 0 Å². The minimum atomic E-state index is 0.141. The van der Waals surface area contributed by atoms with E-state index in [-0.39, 0.29) is 5.92 Å². The van der Waals surface area contributed by atoms with Gasteiger partial charge in [-0.15, -0.1) is 0 Å². The Morgan fingerprint density at radius 3 is 2.47 bits per heavy atom. The zero-order chi connectivity index (χ0) is 20.5. The van der Waals surface area contributed by atoms with Crippen molar-refractivity contribution in [2.45, 2.75) is 12.8 Å². The summed E-state index contributed by atoms with van der Waals surface area (Å²) in [7, 11) is 2.11. The number of nitrogens with zero attached hydrogens (tertiary/aromatic N) is 7. The standard InChI is InChI=1S/C21H25N7OS/c1-26-8-10-27(11-9-26)20(29)15-4-6-28(7-5-15)21-25-18-3-2-17(24-19(18)30-21)16-12-22-14-23-13-16/h2-3,12-15H,4-11H2,1H3. The second-order valence-corrected chi connectivity index (χ2v) is 8.99. The number of pyridine rings is 1. The average Bonchev–Trinajstić information content (AvgIpc) is 3.23. The van der Waals surface area contributed by atoms with Gasteiger partial charge in [-0.05, 0) is 32.0 Å². The molecule has 8 nitrogen and oxygen atoms in total. The van der Waals surface area contributed by atoms with Crippen molar-refractivity contribution in [2.75, 3.05) is 51.2 Å². The van der Waals surface area contributed by atoms with Crippen LogP contribution in [0.1, 0.15) is 12.8 Å². The number of likely N-dealkylation sites (N-methyl/N-ethyl adjacent to an activating group) is 1. The van der Waals surface area contributed by atoms with E-state index in [0.29, 0.717) is 5.91 Å². The molecule has 0 spiro atoms. The summed E-state index contributed by atoms with van der Waals surface area (Å²) in [6.07, 6.45) is 6.84. The lowest BCUT2D eigenvalue weighted by Crippen LogP contribution is -2.50. The molecule has 2 saturated heterocycles. The highest BCUT2D eigenvalue weighted by molar-refractivity contribution is 7.21. The minimum absolute atomic E-state index is 0.141. The zero-order valence-corrected chi connectivity index (χ0v) is 17.9. The number of piperazine rings is 1. The van der Waals surface area contributed by atoms with E-state index in [1.165, 1.54) is 6.33 Å². The largest absolute Gasteiger partial charge is 0.348 e. The van der Waals surface area contributed by atoms with Gasteiger partial charge in [0.15, 0.2) is 5.13 Å². The Hall–Kier alpha value is -2.65. The number of piperidine rings is 1. The molecule has 0 N–H and O–H groups in total. The van der Waals surface area contributed by atoms with Gasteiger partial charge in [-0.25, -0.2) is 19.9 Å². The Bertz CT molecular complexity index is 1020. The molecule has 0 aromatic carbocycles. The number of amides is 1. The van der Waals surface area contributed by atoms with Crippen molar-refractivity contribution in [3.63, 3.8) is 0 Å². The molecule has 5 rings (SSSR count). The van der Waals surface area contributed by atoms with E-state index in [9.17, 15) is 4.79 Å². The summed E-state index contributed by atoms with van der Waals surface area (Å²) in [6.45, 7) is 5.38. The van der Waals surface area contributed by atoms with E-state index >= 15 is 0 Å². The van der Waals surface area contributed by atoms with Crippen LogP contribution in [-0.4, -0.2) is 82.0 Å². The molecule has 156 valence electrons. The summed E-state index contributed by atoms with van der Waals surface area (Å²) in [5.74, 6) is 0.477. The third kappa shape index (κ3) is 3.87. The summed E-state index contributed by atoms with van der Waals surface area (Å²) in [4.78, 5) is 38.1. The fourth-order valence-corrected chi connectivity index (χ4v) is 5.13. The molecule has 0 atom stereocenters. The Morgan fingerprint density at radius 1 is 1.00 bits per heavy atom. The number of hydrogen-bond donors (Lipinski definition) is 0. The lowest BCUT2D eigenvalue weighted by atomic mass is 9.95. The average molecular weight is 424 g/mol. The monoisotopic (exact) mass is 423 g/mol. The molecule has 30 heavy (non-hydrogen) atoms. The third-order valence-corrected chi connectivity index (χ3v) is 7.06. The molecule has 0 bridgehead atoms. The predicted octanol–water partition coefficient (Wildman–Crippen LogP) is 2.14. The van der Waals surface area contributed by atoms with E-state index in [2.05, 4.69) is 31.7 Å². The van der Waals surface area contributed by atoms with Crippen LogP contribution in [0.3, 0.4) is 0 Å². The fraction of sp³-hybridized carbons (Fsp3) is 0.476. The van der Waals surface area contributed by atoms with Gasteiger partial charge in [-0.3, -0.25) is 4.79 Å². The summed E-state index contributed by atoms with van der Waals surface area (Å²) in [5.41, 5.74) is 2.67. The van der Waals surface area contributed by atoms with E-state index in [1.54, 1.807) is 23.7 Å². The minimum Gasteiger partial charge on any atom is -0.348 e. The highest BCUT2D eigenvalue weighted by Crippen LogP contribution is 2.32. The maximum absolute atomic E-state index is 12.9. The normalized spacial score (nSPS) is 18.8. The molecule has 2 aliphatic rings. The number of anilines is 1.